The zero-order valence-electron chi connectivity index (χ0n) is 18.4. The number of carbonyl (C=O) groups excluding carboxylic acids is 3. The van der Waals surface area contributed by atoms with Crippen molar-refractivity contribution >= 4 is 47.0 Å². The number of nitrogens with zero attached hydrogens (tertiary/aromatic N) is 4. The van der Waals surface area contributed by atoms with Gasteiger partial charge in [0.1, 0.15) is 0 Å². The van der Waals surface area contributed by atoms with Gasteiger partial charge in [0.05, 0.1) is 23.7 Å². The molecular formula is C20H28N6O4S2. The summed E-state index contributed by atoms with van der Waals surface area (Å²) >= 11 is 2.33. The second-order valence-electron chi connectivity index (χ2n) is 6.54. The Labute approximate surface area is 195 Å². The van der Waals surface area contributed by atoms with Gasteiger partial charge in [-0.05, 0) is 44.5 Å². The molecule has 0 fully saturated rings. The standard InChI is InChI=1S/C20H28N6O4S2/c1-4-11-30-18(29)14-7-9-15(10-8-14)22-16(27)12-31-19-23-24-20(26(19)21)32-13-17(28)25(5-2)6-3/h7-10H,4-6,11-13,21H2,1-3H3,(H,22,27). The van der Waals surface area contributed by atoms with E-state index in [2.05, 4.69) is 15.5 Å². The summed E-state index contributed by atoms with van der Waals surface area (Å²) in [4.78, 5) is 37.9. The fraction of sp³-hybridized carbons (Fsp3) is 0.450. The van der Waals surface area contributed by atoms with E-state index in [0.29, 0.717) is 41.3 Å². The molecule has 0 unspecified atom stereocenters. The maximum absolute atomic E-state index is 12.2. The van der Waals surface area contributed by atoms with E-state index in [1.807, 2.05) is 20.8 Å². The number of benzene rings is 1. The fourth-order valence-electron chi connectivity index (χ4n) is 2.55. The van der Waals surface area contributed by atoms with Gasteiger partial charge in [-0.3, -0.25) is 9.59 Å². The number of aromatic nitrogens is 3. The number of amides is 2. The van der Waals surface area contributed by atoms with Crippen molar-refractivity contribution in [3.8, 4) is 0 Å². The van der Waals surface area contributed by atoms with E-state index in [-0.39, 0.29) is 23.3 Å². The SMILES string of the molecule is CCCOC(=O)c1ccc(NC(=O)CSc2nnc(SCC(=O)N(CC)CC)n2N)cc1. The van der Waals surface area contributed by atoms with E-state index in [0.717, 1.165) is 18.2 Å². The molecule has 2 rings (SSSR count). The first-order valence-corrected chi connectivity index (χ1v) is 12.2. The van der Waals surface area contributed by atoms with Crippen LogP contribution in [0, 0.1) is 0 Å². The second-order valence-corrected chi connectivity index (χ2v) is 8.42. The lowest BCUT2D eigenvalue weighted by Gasteiger charge is -2.17. The molecule has 0 aliphatic carbocycles. The Morgan fingerprint density at radius 3 is 2.19 bits per heavy atom. The smallest absolute Gasteiger partial charge is 0.338 e. The number of thioether (sulfide) groups is 2. The van der Waals surface area contributed by atoms with Crippen LogP contribution in [0.3, 0.4) is 0 Å². The highest BCUT2D eigenvalue weighted by molar-refractivity contribution is 8.00. The average Bonchev–Trinajstić information content (AvgIpc) is 3.15. The third kappa shape index (κ3) is 7.45. The molecule has 0 saturated heterocycles. The lowest BCUT2D eigenvalue weighted by Crippen LogP contribution is -2.32. The predicted molar refractivity (Wildman–Crippen MR) is 125 cm³/mol. The molecule has 10 nitrogen and oxygen atoms in total. The van der Waals surface area contributed by atoms with Gasteiger partial charge in [-0.15, -0.1) is 10.2 Å². The summed E-state index contributed by atoms with van der Waals surface area (Å²) in [5, 5.41) is 11.5. The molecular weight excluding hydrogens is 452 g/mol. The molecule has 1 heterocycles. The van der Waals surface area contributed by atoms with E-state index in [1.165, 1.54) is 16.4 Å². The minimum absolute atomic E-state index is 0.00113. The van der Waals surface area contributed by atoms with E-state index in [4.69, 9.17) is 10.6 Å². The summed E-state index contributed by atoms with van der Waals surface area (Å²) in [5.41, 5.74) is 0.981. The number of ether oxygens (including phenoxy) is 1. The van der Waals surface area contributed by atoms with Crippen molar-refractivity contribution in [2.75, 3.05) is 42.4 Å². The van der Waals surface area contributed by atoms with Gasteiger partial charge in [0, 0.05) is 18.8 Å². The van der Waals surface area contributed by atoms with Gasteiger partial charge in [-0.25, -0.2) is 9.47 Å². The molecule has 12 heteroatoms. The molecule has 1 aromatic heterocycles. The van der Waals surface area contributed by atoms with Gasteiger partial charge in [0.2, 0.25) is 22.1 Å². The highest BCUT2D eigenvalue weighted by Crippen LogP contribution is 2.21. The van der Waals surface area contributed by atoms with Gasteiger partial charge in [-0.2, -0.15) is 0 Å². The largest absolute Gasteiger partial charge is 0.462 e. The molecule has 0 aliphatic rings. The highest BCUT2D eigenvalue weighted by Gasteiger charge is 2.16. The quantitative estimate of drug-likeness (QED) is 0.267. The summed E-state index contributed by atoms with van der Waals surface area (Å²) in [6.07, 6.45) is 0.753. The van der Waals surface area contributed by atoms with Crippen molar-refractivity contribution in [3.63, 3.8) is 0 Å². The van der Waals surface area contributed by atoms with Crippen molar-refractivity contribution < 1.29 is 19.1 Å². The summed E-state index contributed by atoms with van der Waals surface area (Å²) in [5.74, 6) is 5.63. The van der Waals surface area contributed by atoms with Crippen LogP contribution in [0.25, 0.3) is 0 Å². The molecule has 1 aromatic carbocycles. The zero-order valence-corrected chi connectivity index (χ0v) is 20.0. The molecule has 0 radical (unpaired) electrons. The number of anilines is 1. The van der Waals surface area contributed by atoms with Crippen LogP contribution >= 0.6 is 23.5 Å². The Balaban J connectivity index is 1.83. The Hall–Kier alpha value is -2.73. The van der Waals surface area contributed by atoms with E-state index in [1.54, 1.807) is 29.2 Å². The first-order valence-electron chi connectivity index (χ1n) is 10.2. The van der Waals surface area contributed by atoms with Crippen LogP contribution in [0.4, 0.5) is 5.69 Å². The van der Waals surface area contributed by atoms with E-state index in [9.17, 15) is 14.4 Å². The predicted octanol–water partition coefficient (Wildman–Crippen LogP) is 2.25. The highest BCUT2D eigenvalue weighted by atomic mass is 32.2. The van der Waals surface area contributed by atoms with Gasteiger partial charge in [-0.1, -0.05) is 30.4 Å². The van der Waals surface area contributed by atoms with Gasteiger partial charge >= 0.3 is 5.97 Å². The number of esters is 1. The molecule has 2 aromatic rings. The lowest BCUT2D eigenvalue weighted by atomic mass is 10.2. The van der Waals surface area contributed by atoms with Crippen LogP contribution < -0.4 is 11.2 Å². The molecule has 0 spiro atoms. The van der Waals surface area contributed by atoms with Crippen LogP contribution in [-0.4, -0.2) is 68.8 Å². The Bertz CT molecular complexity index is 915. The number of nitrogens with two attached hydrogens (primary N) is 1. The molecule has 2 amide bonds. The maximum atomic E-state index is 12.2. The second kappa shape index (κ2) is 13.0. The van der Waals surface area contributed by atoms with Crippen LogP contribution in [0.15, 0.2) is 34.6 Å². The van der Waals surface area contributed by atoms with Crippen molar-refractivity contribution in [1.29, 1.82) is 0 Å². The van der Waals surface area contributed by atoms with Crippen LogP contribution in [0.2, 0.25) is 0 Å². The van der Waals surface area contributed by atoms with Crippen molar-refractivity contribution in [3.05, 3.63) is 29.8 Å². The Kier molecular flexibility index (Phi) is 10.3. The van der Waals surface area contributed by atoms with Crippen LogP contribution in [0.1, 0.15) is 37.6 Å². The summed E-state index contributed by atoms with van der Waals surface area (Å²) < 4.78 is 6.35. The normalized spacial score (nSPS) is 10.6. The van der Waals surface area contributed by atoms with Gasteiger partial charge in [0.15, 0.2) is 0 Å². The first-order chi connectivity index (χ1) is 15.4. The third-order valence-electron chi connectivity index (χ3n) is 4.25. The van der Waals surface area contributed by atoms with E-state index >= 15 is 0 Å². The molecule has 0 aliphatic heterocycles. The van der Waals surface area contributed by atoms with Crippen LogP contribution in [0.5, 0.6) is 0 Å². The van der Waals surface area contributed by atoms with E-state index < -0.39 is 5.97 Å². The van der Waals surface area contributed by atoms with Crippen molar-refractivity contribution in [2.45, 2.75) is 37.5 Å². The summed E-state index contributed by atoms with van der Waals surface area (Å²) in [7, 11) is 0. The number of nitrogens with one attached hydrogen (secondary N) is 1. The van der Waals surface area contributed by atoms with Crippen molar-refractivity contribution in [2.24, 2.45) is 0 Å². The van der Waals surface area contributed by atoms with Crippen LogP contribution in [-0.2, 0) is 14.3 Å². The number of carbonyl (C=O) groups is 3. The molecule has 174 valence electrons. The number of rotatable bonds is 12. The van der Waals surface area contributed by atoms with Gasteiger partial charge < -0.3 is 20.8 Å². The molecule has 0 bridgehead atoms. The molecule has 0 atom stereocenters. The number of hydrogen-bond acceptors (Lipinski definition) is 9. The Morgan fingerprint density at radius 2 is 1.62 bits per heavy atom. The zero-order chi connectivity index (χ0) is 23.5. The minimum Gasteiger partial charge on any atom is -0.462 e. The molecule has 3 N–H and O–H groups in total. The summed E-state index contributed by atoms with van der Waals surface area (Å²) in [6.45, 7) is 7.43. The lowest BCUT2D eigenvalue weighted by molar-refractivity contribution is -0.128. The maximum Gasteiger partial charge on any atom is 0.338 e. The fourth-order valence-corrected chi connectivity index (χ4v) is 4.02. The Morgan fingerprint density at radius 1 is 1.03 bits per heavy atom. The monoisotopic (exact) mass is 480 g/mol. The topological polar surface area (TPSA) is 132 Å². The first kappa shape index (κ1) is 25.5. The number of nitrogen functional groups attached to an aromatic ring is 1. The number of hydrogen-bond donors (Lipinski definition) is 2. The third-order valence-corrected chi connectivity index (χ3v) is 6.12. The molecule has 32 heavy (non-hydrogen) atoms. The van der Waals surface area contributed by atoms with Crippen molar-refractivity contribution in [1.82, 2.24) is 19.8 Å². The summed E-state index contributed by atoms with van der Waals surface area (Å²) in [6, 6.07) is 6.47. The average molecular weight is 481 g/mol. The minimum atomic E-state index is -0.393. The molecule has 0 saturated carbocycles. The van der Waals surface area contributed by atoms with Gasteiger partial charge in [0.25, 0.3) is 0 Å².